The number of thiazole rings is 1. The van der Waals surface area contributed by atoms with Crippen LogP contribution in [0.15, 0.2) is 0 Å². The van der Waals surface area contributed by atoms with Gasteiger partial charge in [0.05, 0.1) is 15.6 Å². The summed E-state index contributed by atoms with van der Waals surface area (Å²) in [5, 5.41) is 0.304. The monoisotopic (exact) mass is 313 g/mol. The Kier molecular flexibility index (Phi) is 6.12. The van der Waals surface area contributed by atoms with Crippen molar-refractivity contribution in [1.82, 2.24) is 4.98 Å². The Morgan fingerprint density at radius 1 is 1.47 bits per heavy atom. The quantitative estimate of drug-likeness (QED) is 0.593. The lowest BCUT2D eigenvalue weighted by Gasteiger charge is -2.07. The van der Waals surface area contributed by atoms with Crippen molar-refractivity contribution in [3.05, 3.63) is 15.6 Å². The summed E-state index contributed by atoms with van der Waals surface area (Å²) in [6.45, 7) is 3.10. The third-order valence-corrected chi connectivity index (χ3v) is 4.09. The molecule has 0 N–H and O–H groups in total. The summed E-state index contributed by atoms with van der Waals surface area (Å²) in [4.78, 5) is 14.7. The van der Waals surface area contributed by atoms with Crippen LogP contribution in [-0.2, 0) is 22.3 Å². The number of aromatic nitrogens is 1. The smallest absolute Gasteiger partial charge is 0.434 e. The summed E-state index contributed by atoms with van der Waals surface area (Å²) >= 11 is 2.30. The fraction of sp³-hybridized carbons (Fsp3) is 0.636. The van der Waals surface area contributed by atoms with Crippen LogP contribution in [0.25, 0.3) is 0 Å². The SMILES string of the molecule is CCCSCC(=O)OCc1sc(C)nc1C(F)(F)F. The van der Waals surface area contributed by atoms with Crippen LogP contribution in [0.1, 0.15) is 28.9 Å². The molecule has 0 saturated carbocycles. The highest BCUT2D eigenvalue weighted by Crippen LogP contribution is 2.34. The highest BCUT2D eigenvalue weighted by atomic mass is 32.2. The Hall–Kier alpha value is -0.760. The summed E-state index contributed by atoms with van der Waals surface area (Å²) in [5.41, 5.74) is -0.955. The van der Waals surface area contributed by atoms with E-state index in [0.29, 0.717) is 5.01 Å². The molecule has 8 heteroatoms. The number of ether oxygens (including phenoxy) is 1. The van der Waals surface area contributed by atoms with Crippen molar-refractivity contribution in [3.8, 4) is 0 Å². The maximum atomic E-state index is 12.6. The van der Waals surface area contributed by atoms with E-state index in [-0.39, 0.29) is 17.2 Å². The van der Waals surface area contributed by atoms with Crippen LogP contribution in [0.4, 0.5) is 13.2 Å². The molecule has 0 aliphatic carbocycles. The number of hydrogen-bond donors (Lipinski definition) is 0. The van der Waals surface area contributed by atoms with Crippen LogP contribution in [-0.4, -0.2) is 22.5 Å². The second-order valence-corrected chi connectivity index (χ2v) is 6.11. The molecule has 0 aromatic carbocycles. The number of halogens is 3. The molecule has 0 saturated heterocycles. The molecule has 0 radical (unpaired) electrons. The predicted molar refractivity (Wildman–Crippen MR) is 69.3 cm³/mol. The highest BCUT2D eigenvalue weighted by Gasteiger charge is 2.37. The zero-order valence-corrected chi connectivity index (χ0v) is 12.2. The van der Waals surface area contributed by atoms with Gasteiger partial charge in [0.1, 0.15) is 6.61 Å². The van der Waals surface area contributed by atoms with Gasteiger partial charge in [-0.1, -0.05) is 6.92 Å². The van der Waals surface area contributed by atoms with Crippen molar-refractivity contribution >= 4 is 29.1 Å². The summed E-state index contributed by atoms with van der Waals surface area (Å²) in [5.74, 6) is 0.479. The van der Waals surface area contributed by atoms with Gasteiger partial charge in [0, 0.05) is 0 Å². The van der Waals surface area contributed by atoms with Gasteiger partial charge in [-0.15, -0.1) is 11.3 Å². The van der Waals surface area contributed by atoms with E-state index in [0.717, 1.165) is 23.5 Å². The lowest BCUT2D eigenvalue weighted by Crippen LogP contribution is -2.12. The highest BCUT2D eigenvalue weighted by molar-refractivity contribution is 7.99. The number of hydrogen-bond acceptors (Lipinski definition) is 5. The van der Waals surface area contributed by atoms with E-state index in [1.807, 2.05) is 6.92 Å². The molecule has 0 amide bonds. The third kappa shape index (κ3) is 5.40. The molecule has 1 heterocycles. The Morgan fingerprint density at radius 2 is 2.16 bits per heavy atom. The van der Waals surface area contributed by atoms with Crippen LogP contribution >= 0.6 is 23.1 Å². The molecule has 0 aliphatic rings. The van der Waals surface area contributed by atoms with Crippen LogP contribution in [0.5, 0.6) is 0 Å². The molecular formula is C11H14F3NO2S2. The van der Waals surface area contributed by atoms with E-state index in [1.165, 1.54) is 18.7 Å². The third-order valence-electron chi connectivity index (χ3n) is 2.01. The number of nitrogens with zero attached hydrogens (tertiary/aromatic N) is 1. The molecule has 3 nitrogen and oxygen atoms in total. The Balaban J connectivity index is 2.56. The first-order chi connectivity index (χ1) is 8.84. The zero-order chi connectivity index (χ0) is 14.5. The number of rotatable bonds is 6. The second-order valence-electron chi connectivity index (χ2n) is 3.72. The fourth-order valence-corrected chi connectivity index (χ4v) is 2.83. The summed E-state index contributed by atoms with van der Waals surface area (Å²) in [7, 11) is 0. The lowest BCUT2D eigenvalue weighted by molar-refractivity contribution is -0.146. The zero-order valence-electron chi connectivity index (χ0n) is 10.5. The molecule has 0 aliphatic heterocycles. The van der Waals surface area contributed by atoms with Crippen LogP contribution in [0.3, 0.4) is 0 Å². The molecule has 1 aromatic heterocycles. The van der Waals surface area contributed by atoms with Gasteiger partial charge in [-0.3, -0.25) is 4.79 Å². The number of aryl methyl sites for hydroxylation is 1. The number of thioether (sulfide) groups is 1. The van der Waals surface area contributed by atoms with Crippen LogP contribution in [0.2, 0.25) is 0 Å². The van der Waals surface area contributed by atoms with E-state index in [9.17, 15) is 18.0 Å². The second kappa shape index (κ2) is 7.14. The molecule has 19 heavy (non-hydrogen) atoms. The first kappa shape index (κ1) is 16.3. The summed E-state index contributed by atoms with van der Waals surface area (Å²) in [6, 6.07) is 0. The molecule has 0 unspecified atom stereocenters. The largest absolute Gasteiger partial charge is 0.459 e. The van der Waals surface area contributed by atoms with Crippen LogP contribution < -0.4 is 0 Å². The average molecular weight is 313 g/mol. The fourth-order valence-electron chi connectivity index (χ4n) is 1.28. The molecule has 0 fully saturated rings. The molecule has 0 bridgehead atoms. The number of esters is 1. The van der Waals surface area contributed by atoms with E-state index in [1.54, 1.807) is 0 Å². The van der Waals surface area contributed by atoms with E-state index >= 15 is 0 Å². The van der Waals surface area contributed by atoms with Gasteiger partial charge in [-0.2, -0.15) is 24.9 Å². The standard InChI is InChI=1S/C11H14F3NO2S2/c1-3-4-18-6-9(16)17-5-8-10(11(12,13)14)15-7(2)19-8/h3-6H2,1-2H3. The van der Waals surface area contributed by atoms with Crippen molar-refractivity contribution in [1.29, 1.82) is 0 Å². The minimum Gasteiger partial charge on any atom is -0.459 e. The molecule has 1 aromatic rings. The predicted octanol–water partition coefficient (Wildman–Crippen LogP) is 3.66. The minimum absolute atomic E-state index is 0.0566. The molecular weight excluding hydrogens is 299 g/mol. The maximum absolute atomic E-state index is 12.6. The molecule has 1 rings (SSSR count). The Morgan fingerprint density at radius 3 is 2.74 bits per heavy atom. The first-order valence-corrected chi connectivity index (χ1v) is 7.58. The van der Waals surface area contributed by atoms with Crippen molar-refractivity contribution in [3.63, 3.8) is 0 Å². The van der Waals surface area contributed by atoms with Gasteiger partial charge in [0.15, 0.2) is 5.69 Å². The molecule has 0 atom stereocenters. The van der Waals surface area contributed by atoms with Crippen LogP contribution in [0, 0.1) is 6.92 Å². The van der Waals surface area contributed by atoms with Crippen molar-refractivity contribution in [2.45, 2.75) is 33.1 Å². The van der Waals surface area contributed by atoms with Gasteiger partial charge in [-0.25, -0.2) is 4.98 Å². The number of carbonyl (C=O) groups excluding carboxylic acids is 1. The first-order valence-electron chi connectivity index (χ1n) is 5.61. The van der Waals surface area contributed by atoms with E-state index in [2.05, 4.69) is 4.98 Å². The van der Waals surface area contributed by atoms with Gasteiger partial charge < -0.3 is 4.74 Å². The maximum Gasteiger partial charge on any atom is 0.434 e. The topological polar surface area (TPSA) is 39.2 Å². The summed E-state index contributed by atoms with van der Waals surface area (Å²) in [6.07, 6.45) is -3.58. The van der Waals surface area contributed by atoms with Gasteiger partial charge in [0.25, 0.3) is 0 Å². The van der Waals surface area contributed by atoms with E-state index in [4.69, 9.17) is 4.74 Å². The van der Waals surface area contributed by atoms with Gasteiger partial charge in [-0.05, 0) is 19.1 Å². The lowest BCUT2D eigenvalue weighted by atomic mass is 10.3. The van der Waals surface area contributed by atoms with Crippen molar-refractivity contribution in [2.75, 3.05) is 11.5 Å². The normalized spacial score (nSPS) is 11.6. The molecule has 108 valence electrons. The van der Waals surface area contributed by atoms with Crippen molar-refractivity contribution < 1.29 is 22.7 Å². The average Bonchev–Trinajstić information content (AvgIpc) is 2.68. The summed E-state index contributed by atoms with van der Waals surface area (Å²) < 4.78 is 42.7. The van der Waals surface area contributed by atoms with E-state index < -0.39 is 17.8 Å². The van der Waals surface area contributed by atoms with Crippen molar-refractivity contribution in [2.24, 2.45) is 0 Å². The van der Waals surface area contributed by atoms with Gasteiger partial charge in [0.2, 0.25) is 0 Å². The Labute approximate surface area is 117 Å². The minimum atomic E-state index is -4.51. The Bertz CT molecular complexity index is 432. The number of alkyl halides is 3. The molecule has 0 spiro atoms. The van der Waals surface area contributed by atoms with Gasteiger partial charge >= 0.3 is 12.1 Å². The number of carbonyl (C=O) groups is 1.